The van der Waals surface area contributed by atoms with Crippen LogP contribution in [0.1, 0.15) is 97.3 Å². The molecule has 0 aliphatic rings. The van der Waals surface area contributed by atoms with Crippen molar-refractivity contribution in [3.63, 3.8) is 0 Å². The maximum absolute atomic E-state index is 11.4. The average Bonchev–Trinajstić information content (AvgIpc) is 2.49. The fourth-order valence-corrected chi connectivity index (χ4v) is 2.37. The maximum Gasteiger partial charge on any atom is 0.407 e. The van der Waals surface area contributed by atoms with Crippen molar-refractivity contribution in [2.75, 3.05) is 13.2 Å². The van der Waals surface area contributed by atoms with Gasteiger partial charge in [0.2, 0.25) is 0 Å². The highest BCUT2D eigenvalue weighted by molar-refractivity contribution is 5.66. The van der Waals surface area contributed by atoms with Crippen LogP contribution in [0.4, 0.5) is 4.79 Å². The van der Waals surface area contributed by atoms with Crippen LogP contribution in [-0.4, -0.2) is 19.2 Å². The SMILES string of the molecule is CCCCCCCCCCCOC(=O)NCCCCCC. The first-order valence-corrected chi connectivity index (χ1v) is 9.21. The fraction of sp³-hybridized carbons (Fsp3) is 0.944. The molecule has 0 fully saturated rings. The quantitative estimate of drug-likeness (QED) is 0.387. The Kier molecular flexibility index (Phi) is 16.7. The summed E-state index contributed by atoms with van der Waals surface area (Å²) in [6, 6.07) is 0. The molecule has 0 radical (unpaired) electrons. The number of ether oxygens (including phenoxy) is 1. The van der Waals surface area contributed by atoms with E-state index in [0.717, 1.165) is 19.4 Å². The Hall–Kier alpha value is -0.730. The molecule has 0 saturated carbocycles. The van der Waals surface area contributed by atoms with Crippen LogP contribution in [-0.2, 0) is 4.74 Å². The van der Waals surface area contributed by atoms with Crippen LogP contribution in [0.25, 0.3) is 0 Å². The Balaban J connectivity index is 3.11. The second kappa shape index (κ2) is 17.3. The van der Waals surface area contributed by atoms with Crippen LogP contribution in [0.3, 0.4) is 0 Å². The number of hydrogen-bond donors (Lipinski definition) is 1. The number of alkyl carbamates (subject to hydrolysis) is 1. The minimum absolute atomic E-state index is 0.244. The third-order valence-corrected chi connectivity index (χ3v) is 3.78. The number of unbranched alkanes of at least 4 members (excludes halogenated alkanes) is 11. The van der Waals surface area contributed by atoms with Gasteiger partial charge in [-0.2, -0.15) is 0 Å². The molecule has 126 valence electrons. The van der Waals surface area contributed by atoms with E-state index in [1.807, 2.05) is 0 Å². The Morgan fingerprint density at radius 3 is 1.76 bits per heavy atom. The summed E-state index contributed by atoms with van der Waals surface area (Å²) in [5.41, 5.74) is 0. The Labute approximate surface area is 132 Å². The Morgan fingerprint density at radius 2 is 1.19 bits per heavy atom. The molecule has 21 heavy (non-hydrogen) atoms. The topological polar surface area (TPSA) is 38.3 Å². The van der Waals surface area contributed by atoms with E-state index in [1.165, 1.54) is 70.6 Å². The fourth-order valence-electron chi connectivity index (χ4n) is 2.37. The van der Waals surface area contributed by atoms with Crippen molar-refractivity contribution < 1.29 is 9.53 Å². The molecule has 0 aromatic heterocycles. The molecule has 0 heterocycles. The predicted molar refractivity (Wildman–Crippen MR) is 90.7 cm³/mol. The van der Waals surface area contributed by atoms with Crippen molar-refractivity contribution in [1.82, 2.24) is 5.32 Å². The van der Waals surface area contributed by atoms with Gasteiger partial charge < -0.3 is 10.1 Å². The van der Waals surface area contributed by atoms with Gasteiger partial charge in [0, 0.05) is 6.54 Å². The van der Waals surface area contributed by atoms with Crippen LogP contribution in [0.5, 0.6) is 0 Å². The summed E-state index contributed by atoms with van der Waals surface area (Å²) in [6.07, 6.45) is 16.1. The summed E-state index contributed by atoms with van der Waals surface area (Å²) >= 11 is 0. The summed E-state index contributed by atoms with van der Waals surface area (Å²) < 4.78 is 5.16. The van der Waals surface area contributed by atoms with E-state index in [4.69, 9.17) is 4.74 Å². The van der Waals surface area contributed by atoms with E-state index in [-0.39, 0.29) is 6.09 Å². The Bertz CT molecular complexity index is 219. The zero-order valence-electron chi connectivity index (χ0n) is 14.4. The van der Waals surface area contributed by atoms with Crippen molar-refractivity contribution in [1.29, 1.82) is 0 Å². The van der Waals surface area contributed by atoms with E-state index in [2.05, 4.69) is 19.2 Å². The molecule has 0 unspecified atom stereocenters. The first-order chi connectivity index (χ1) is 10.3. The zero-order chi connectivity index (χ0) is 15.6. The first kappa shape index (κ1) is 20.3. The number of carbonyl (C=O) groups is 1. The minimum atomic E-state index is -0.244. The van der Waals surface area contributed by atoms with Gasteiger partial charge in [-0.05, 0) is 12.8 Å². The van der Waals surface area contributed by atoms with E-state index in [0.29, 0.717) is 6.61 Å². The van der Waals surface area contributed by atoms with Crippen molar-refractivity contribution in [2.24, 2.45) is 0 Å². The number of hydrogen-bond acceptors (Lipinski definition) is 2. The highest BCUT2D eigenvalue weighted by Gasteiger charge is 2.00. The molecule has 0 bridgehead atoms. The average molecular weight is 299 g/mol. The van der Waals surface area contributed by atoms with Gasteiger partial charge in [-0.15, -0.1) is 0 Å². The van der Waals surface area contributed by atoms with Gasteiger partial charge in [-0.25, -0.2) is 4.79 Å². The highest BCUT2D eigenvalue weighted by atomic mass is 16.5. The standard InChI is InChI=1S/C18H37NO2/c1-3-5-7-9-10-11-12-13-15-17-21-18(20)19-16-14-8-6-4-2/h3-17H2,1-2H3,(H,19,20). The van der Waals surface area contributed by atoms with E-state index in [1.54, 1.807) is 0 Å². The molecule has 1 amide bonds. The van der Waals surface area contributed by atoms with E-state index >= 15 is 0 Å². The molecule has 0 rings (SSSR count). The molecule has 0 aliphatic carbocycles. The van der Waals surface area contributed by atoms with E-state index in [9.17, 15) is 4.79 Å². The second-order valence-corrected chi connectivity index (χ2v) is 5.95. The lowest BCUT2D eigenvalue weighted by atomic mass is 10.1. The van der Waals surface area contributed by atoms with Crippen molar-refractivity contribution in [3.05, 3.63) is 0 Å². The van der Waals surface area contributed by atoms with Crippen molar-refractivity contribution in [3.8, 4) is 0 Å². The predicted octanol–water partition coefficient (Wildman–Crippen LogP) is 5.82. The molecule has 1 N–H and O–H groups in total. The van der Waals surface area contributed by atoms with Crippen LogP contribution in [0.2, 0.25) is 0 Å². The summed E-state index contributed by atoms with van der Waals surface area (Å²) in [5, 5.41) is 2.81. The summed E-state index contributed by atoms with van der Waals surface area (Å²) in [6.45, 7) is 5.75. The third kappa shape index (κ3) is 17.2. The van der Waals surface area contributed by atoms with Gasteiger partial charge in [-0.3, -0.25) is 0 Å². The number of nitrogens with one attached hydrogen (secondary N) is 1. The monoisotopic (exact) mass is 299 g/mol. The molecule has 0 spiro atoms. The molecule has 3 nitrogen and oxygen atoms in total. The van der Waals surface area contributed by atoms with Crippen LogP contribution in [0.15, 0.2) is 0 Å². The molecule has 0 saturated heterocycles. The molecule has 0 aromatic carbocycles. The lowest BCUT2D eigenvalue weighted by Gasteiger charge is -2.07. The summed E-state index contributed by atoms with van der Waals surface area (Å²) in [7, 11) is 0. The zero-order valence-corrected chi connectivity index (χ0v) is 14.4. The number of amides is 1. The number of carbonyl (C=O) groups excluding carboxylic acids is 1. The van der Waals surface area contributed by atoms with Gasteiger partial charge in [0.05, 0.1) is 6.61 Å². The van der Waals surface area contributed by atoms with Gasteiger partial charge in [0.25, 0.3) is 0 Å². The molecular formula is C18H37NO2. The first-order valence-electron chi connectivity index (χ1n) is 9.21. The molecule has 0 aliphatic heterocycles. The minimum Gasteiger partial charge on any atom is -0.450 e. The van der Waals surface area contributed by atoms with Crippen molar-refractivity contribution >= 4 is 6.09 Å². The van der Waals surface area contributed by atoms with Gasteiger partial charge >= 0.3 is 6.09 Å². The van der Waals surface area contributed by atoms with E-state index < -0.39 is 0 Å². The van der Waals surface area contributed by atoms with Crippen molar-refractivity contribution in [2.45, 2.75) is 97.3 Å². The largest absolute Gasteiger partial charge is 0.450 e. The summed E-state index contributed by atoms with van der Waals surface area (Å²) in [5.74, 6) is 0. The Morgan fingerprint density at radius 1 is 0.714 bits per heavy atom. The normalized spacial score (nSPS) is 10.6. The van der Waals surface area contributed by atoms with Gasteiger partial charge in [-0.1, -0.05) is 84.5 Å². The lowest BCUT2D eigenvalue weighted by Crippen LogP contribution is -2.25. The molecule has 3 heteroatoms. The lowest BCUT2D eigenvalue weighted by molar-refractivity contribution is 0.143. The van der Waals surface area contributed by atoms with Gasteiger partial charge in [0.1, 0.15) is 0 Å². The van der Waals surface area contributed by atoms with Gasteiger partial charge in [0.15, 0.2) is 0 Å². The molecular weight excluding hydrogens is 262 g/mol. The van der Waals surface area contributed by atoms with Crippen LogP contribution < -0.4 is 5.32 Å². The van der Waals surface area contributed by atoms with Crippen LogP contribution in [0, 0.1) is 0 Å². The molecule has 0 aromatic rings. The second-order valence-electron chi connectivity index (χ2n) is 5.95. The summed E-state index contributed by atoms with van der Waals surface area (Å²) in [4.78, 5) is 11.4. The highest BCUT2D eigenvalue weighted by Crippen LogP contribution is 2.09. The smallest absolute Gasteiger partial charge is 0.407 e. The number of rotatable bonds is 15. The maximum atomic E-state index is 11.4. The molecule has 0 atom stereocenters. The van der Waals surface area contributed by atoms with Crippen LogP contribution >= 0.6 is 0 Å². The third-order valence-electron chi connectivity index (χ3n) is 3.78.